The molecule has 6 nitrogen and oxygen atoms in total. The van der Waals surface area contributed by atoms with Gasteiger partial charge in [-0.1, -0.05) is 5.21 Å². The number of hydrogen-bond donors (Lipinski definition) is 1. The fourth-order valence-corrected chi connectivity index (χ4v) is 3.00. The highest BCUT2D eigenvalue weighted by atomic mass is 16.5. The smallest absolute Gasteiger partial charge is 0.0991 e. The van der Waals surface area contributed by atoms with Gasteiger partial charge in [0, 0.05) is 25.9 Å². The van der Waals surface area contributed by atoms with E-state index in [1.807, 2.05) is 17.8 Å². The average Bonchev–Trinajstić information content (AvgIpc) is 2.89. The van der Waals surface area contributed by atoms with Crippen LogP contribution in [0.1, 0.15) is 50.4 Å². The van der Waals surface area contributed by atoms with Gasteiger partial charge < -0.3 is 15.2 Å². The van der Waals surface area contributed by atoms with Crippen molar-refractivity contribution in [1.29, 1.82) is 0 Å². The molecule has 2 fully saturated rings. The Morgan fingerprint density at radius 2 is 2.21 bits per heavy atom. The van der Waals surface area contributed by atoms with E-state index in [1.54, 1.807) is 0 Å². The molecule has 1 aromatic heterocycles. The van der Waals surface area contributed by atoms with E-state index in [4.69, 9.17) is 15.2 Å². The normalized spacial score (nSPS) is 28.4. The van der Waals surface area contributed by atoms with Gasteiger partial charge in [-0.3, -0.25) is 0 Å². The maximum Gasteiger partial charge on any atom is 0.0991 e. The van der Waals surface area contributed by atoms with E-state index in [2.05, 4.69) is 10.3 Å². The molecule has 19 heavy (non-hydrogen) atoms. The summed E-state index contributed by atoms with van der Waals surface area (Å²) in [6, 6.07) is 0.303. The van der Waals surface area contributed by atoms with E-state index in [-0.39, 0.29) is 11.6 Å². The molecule has 0 saturated carbocycles. The Balaban J connectivity index is 1.73. The highest BCUT2D eigenvalue weighted by Crippen LogP contribution is 2.38. The lowest BCUT2D eigenvalue weighted by Gasteiger charge is -2.43. The molecule has 2 atom stereocenters. The summed E-state index contributed by atoms with van der Waals surface area (Å²) in [4.78, 5) is 0. The Kier molecular flexibility index (Phi) is 3.56. The van der Waals surface area contributed by atoms with E-state index >= 15 is 0 Å². The molecule has 2 saturated heterocycles. The van der Waals surface area contributed by atoms with E-state index in [1.165, 1.54) is 0 Å². The lowest BCUT2D eigenvalue weighted by molar-refractivity contribution is -0.145. The molecule has 2 aliphatic heterocycles. The van der Waals surface area contributed by atoms with Crippen molar-refractivity contribution in [3.63, 3.8) is 0 Å². The monoisotopic (exact) mass is 266 g/mol. The van der Waals surface area contributed by atoms with Crippen LogP contribution in [0.4, 0.5) is 0 Å². The molecule has 2 aliphatic rings. The van der Waals surface area contributed by atoms with Gasteiger partial charge in [-0.15, -0.1) is 5.10 Å². The van der Waals surface area contributed by atoms with E-state index in [9.17, 15) is 0 Å². The second-order valence-electron chi connectivity index (χ2n) is 5.70. The van der Waals surface area contributed by atoms with Gasteiger partial charge in [0.2, 0.25) is 0 Å². The predicted molar refractivity (Wildman–Crippen MR) is 69.6 cm³/mol. The van der Waals surface area contributed by atoms with Crippen molar-refractivity contribution >= 4 is 0 Å². The van der Waals surface area contributed by atoms with E-state index in [0.717, 1.165) is 51.2 Å². The van der Waals surface area contributed by atoms with Crippen molar-refractivity contribution in [1.82, 2.24) is 15.0 Å². The Morgan fingerprint density at radius 1 is 1.42 bits per heavy atom. The summed E-state index contributed by atoms with van der Waals surface area (Å²) >= 11 is 0. The number of nitrogens with two attached hydrogens (primary N) is 1. The summed E-state index contributed by atoms with van der Waals surface area (Å²) < 4.78 is 13.5. The molecule has 3 heterocycles. The number of hydrogen-bond acceptors (Lipinski definition) is 5. The fraction of sp³-hybridized carbons (Fsp3) is 0.846. The van der Waals surface area contributed by atoms with Crippen LogP contribution in [0.25, 0.3) is 0 Å². The van der Waals surface area contributed by atoms with Crippen LogP contribution in [0.5, 0.6) is 0 Å². The van der Waals surface area contributed by atoms with Crippen LogP contribution < -0.4 is 5.73 Å². The molecular weight excluding hydrogens is 244 g/mol. The highest BCUT2D eigenvalue weighted by Gasteiger charge is 2.39. The maximum absolute atomic E-state index is 6.05. The molecule has 0 aromatic carbocycles. The average molecular weight is 266 g/mol. The van der Waals surface area contributed by atoms with Crippen molar-refractivity contribution in [2.45, 2.75) is 50.3 Å². The Hall–Kier alpha value is -0.980. The topological polar surface area (TPSA) is 75.2 Å². The minimum Gasteiger partial charge on any atom is -0.381 e. The third-order valence-corrected chi connectivity index (χ3v) is 4.24. The van der Waals surface area contributed by atoms with Crippen molar-refractivity contribution in [2.24, 2.45) is 5.73 Å². The zero-order valence-electron chi connectivity index (χ0n) is 11.4. The molecule has 2 unspecified atom stereocenters. The fourth-order valence-electron chi connectivity index (χ4n) is 3.00. The molecule has 1 spiro atoms. The quantitative estimate of drug-likeness (QED) is 0.870. The Bertz CT molecular complexity index is 421. The lowest BCUT2D eigenvalue weighted by Crippen LogP contribution is -2.44. The van der Waals surface area contributed by atoms with Gasteiger partial charge in [0.05, 0.1) is 23.5 Å². The maximum atomic E-state index is 6.05. The minimum absolute atomic E-state index is 0.0123. The van der Waals surface area contributed by atoms with Crippen molar-refractivity contribution < 1.29 is 9.47 Å². The molecule has 6 heteroatoms. The largest absolute Gasteiger partial charge is 0.381 e. The first-order valence-electron chi connectivity index (χ1n) is 7.08. The highest BCUT2D eigenvalue weighted by molar-refractivity contribution is 5.00. The Labute approximate surface area is 113 Å². The van der Waals surface area contributed by atoms with Gasteiger partial charge in [-0.2, -0.15) is 0 Å². The molecule has 1 aromatic rings. The van der Waals surface area contributed by atoms with Crippen LogP contribution in [0.2, 0.25) is 0 Å². The van der Waals surface area contributed by atoms with Crippen LogP contribution in [0.3, 0.4) is 0 Å². The van der Waals surface area contributed by atoms with Gasteiger partial charge in [0.1, 0.15) is 0 Å². The molecule has 3 rings (SSSR count). The van der Waals surface area contributed by atoms with E-state index < -0.39 is 0 Å². The zero-order chi connectivity index (χ0) is 13.3. The van der Waals surface area contributed by atoms with Crippen LogP contribution in [-0.2, 0) is 9.47 Å². The predicted octanol–water partition coefficient (Wildman–Crippen LogP) is 1.20. The minimum atomic E-state index is -0.0642. The molecule has 0 amide bonds. The van der Waals surface area contributed by atoms with Crippen molar-refractivity contribution in [3.05, 3.63) is 11.9 Å². The molecule has 0 bridgehead atoms. The third kappa shape index (κ3) is 2.66. The van der Waals surface area contributed by atoms with Crippen molar-refractivity contribution in [2.75, 3.05) is 19.8 Å². The van der Waals surface area contributed by atoms with Gasteiger partial charge >= 0.3 is 0 Å². The van der Waals surface area contributed by atoms with Gasteiger partial charge in [-0.25, -0.2) is 4.68 Å². The van der Waals surface area contributed by atoms with Crippen LogP contribution in [-0.4, -0.2) is 40.4 Å². The van der Waals surface area contributed by atoms with Gasteiger partial charge in [0.25, 0.3) is 0 Å². The Morgan fingerprint density at radius 3 is 2.89 bits per heavy atom. The summed E-state index contributed by atoms with van der Waals surface area (Å²) in [5, 5.41) is 8.39. The third-order valence-electron chi connectivity index (χ3n) is 4.24. The number of rotatable bonds is 2. The van der Waals surface area contributed by atoms with Crippen LogP contribution >= 0.6 is 0 Å². The molecule has 0 aliphatic carbocycles. The van der Waals surface area contributed by atoms with Gasteiger partial charge in [-0.05, 0) is 32.6 Å². The standard InChI is InChI=1S/C13H22N4O2/c1-10(14)12-9-17(16-15-12)11-2-5-19-13(8-11)3-6-18-7-4-13/h9-11H,2-8,14H2,1H3. The molecule has 2 N–H and O–H groups in total. The number of ether oxygens (including phenoxy) is 2. The first kappa shape index (κ1) is 13.0. The number of nitrogens with zero attached hydrogens (tertiary/aromatic N) is 3. The van der Waals surface area contributed by atoms with Crippen LogP contribution in [0.15, 0.2) is 6.20 Å². The molecular formula is C13H22N4O2. The SMILES string of the molecule is CC(N)c1cn(C2CCOC3(CCOCC3)C2)nn1. The lowest BCUT2D eigenvalue weighted by atomic mass is 9.84. The summed E-state index contributed by atoms with van der Waals surface area (Å²) in [5.74, 6) is 0. The molecule has 0 radical (unpaired) electrons. The summed E-state index contributed by atoms with van der Waals surface area (Å²) in [6.45, 7) is 4.32. The molecule has 106 valence electrons. The van der Waals surface area contributed by atoms with Crippen molar-refractivity contribution in [3.8, 4) is 0 Å². The number of aromatic nitrogens is 3. The first-order valence-corrected chi connectivity index (χ1v) is 7.08. The van der Waals surface area contributed by atoms with Crippen LogP contribution in [0, 0.1) is 0 Å². The zero-order valence-corrected chi connectivity index (χ0v) is 11.4. The second-order valence-corrected chi connectivity index (χ2v) is 5.70. The summed E-state index contributed by atoms with van der Waals surface area (Å²) in [6.07, 6.45) is 5.94. The first-order chi connectivity index (χ1) is 9.19. The van der Waals surface area contributed by atoms with E-state index in [0.29, 0.717) is 6.04 Å². The summed E-state index contributed by atoms with van der Waals surface area (Å²) in [7, 11) is 0. The van der Waals surface area contributed by atoms with Gasteiger partial charge in [0.15, 0.2) is 0 Å². The second kappa shape index (κ2) is 5.19. The summed E-state index contributed by atoms with van der Waals surface area (Å²) in [5.41, 5.74) is 6.68.